The summed E-state index contributed by atoms with van der Waals surface area (Å²) in [7, 11) is 0. The molecule has 4 N–H and O–H groups in total. The lowest BCUT2D eigenvalue weighted by Crippen LogP contribution is -2.58. The number of rotatable bonds is 3. The number of carbonyl (C=O) groups excluding carboxylic acids is 5. The average molecular weight is 535 g/mol. The Hall–Kier alpha value is -2.65. The van der Waals surface area contributed by atoms with Crippen LogP contribution in [0.3, 0.4) is 0 Å². The number of nitrogens with zero attached hydrogens (tertiary/aromatic N) is 1. The van der Waals surface area contributed by atoms with Gasteiger partial charge in [0.05, 0.1) is 6.04 Å². The number of nitrogens with two attached hydrogens (primary N) is 1. The largest absolute Gasteiger partial charge is 0.444 e. The molecule has 3 aliphatic rings. The highest BCUT2D eigenvalue weighted by atomic mass is 16.6. The minimum atomic E-state index is -1.08. The molecule has 1 saturated carbocycles. The van der Waals surface area contributed by atoms with Crippen molar-refractivity contribution in [2.45, 2.75) is 123 Å². The number of amides is 4. The van der Waals surface area contributed by atoms with Crippen LogP contribution in [0.4, 0.5) is 4.79 Å². The fourth-order valence-electron chi connectivity index (χ4n) is 6.18. The lowest BCUT2D eigenvalue weighted by atomic mass is 9.97. The van der Waals surface area contributed by atoms with Gasteiger partial charge >= 0.3 is 6.09 Å². The summed E-state index contributed by atoms with van der Waals surface area (Å²) in [5, 5.41) is 5.53. The van der Waals surface area contributed by atoms with Gasteiger partial charge in [-0.25, -0.2) is 4.79 Å². The van der Waals surface area contributed by atoms with E-state index in [1.807, 2.05) is 0 Å². The lowest BCUT2D eigenvalue weighted by Gasteiger charge is -2.34. The molecule has 0 bridgehead atoms. The molecular weight excluding hydrogens is 488 g/mol. The second kappa shape index (κ2) is 12.0. The smallest absolute Gasteiger partial charge is 0.408 e. The Morgan fingerprint density at radius 3 is 2.08 bits per heavy atom. The summed E-state index contributed by atoms with van der Waals surface area (Å²) in [5.41, 5.74) is 4.44. The lowest BCUT2D eigenvalue weighted by molar-refractivity contribution is -0.143. The van der Waals surface area contributed by atoms with Crippen molar-refractivity contribution in [3.8, 4) is 0 Å². The number of primary amides is 1. The van der Waals surface area contributed by atoms with Crippen LogP contribution in [0.2, 0.25) is 0 Å². The number of carbonyl (C=O) groups is 5. The van der Waals surface area contributed by atoms with Crippen molar-refractivity contribution in [1.29, 1.82) is 0 Å². The Kier molecular flexibility index (Phi) is 9.47. The fraction of sp³-hybridized carbons (Fsp3) is 0.821. The maximum Gasteiger partial charge on any atom is 0.408 e. The molecule has 10 nitrogen and oxygen atoms in total. The van der Waals surface area contributed by atoms with E-state index in [4.69, 9.17) is 10.5 Å². The fourth-order valence-corrected chi connectivity index (χ4v) is 6.18. The van der Waals surface area contributed by atoms with E-state index in [0.29, 0.717) is 25.8 Å². The number of nitrogens with one attached hydrogen (secondary N) is 2. The minimum absolute atomic E-state index is 0.0694. The van der Waals surface area contributed by atoms with Gasteiger partial charge in [-0.1, -0.05) is 65.2 Å². The Morgan fingerprint density at radius 1 is 0.974 bits per heavy atom. The topological polar surface area (TPSA) is 148 Å². The first-order valence-corrected chi connectivity index (χ1v) is 14.2. The number of piperidine rings is 1. The first kappa shape index (κ1) is 29.9. The zero-order valence-electron chi connectivity index (χ0n) is 23.6. The van der Waals surface area contributed by atoms with Gasteiger partial charge in [0.15, 0.2) is 0 Å². The van der Waals surface area contributed by atoms with E-state index < -0.39 is 47.4 Å². The molecule has 3 fully saturated rings. The summed E-state index contributed by atoms with van der Waals surface area (Å²) >= 11 is 0. The van der Waals surface area contributed by atoms with Crippen molar-refractivity contribution >= 4 is 29.6 Å². The number of Topliss-reactive ketones (excluding diaryl/α,β-unsaturated/α-hetero) is 1. The zero-order valence-corrected chi connectivity index (χ0v) is 23.6. The number of hydrogen-bond donors (Lipinski definition) is 3. The number of hydrogen-bond acceptors (Lipinski definition) is 6. The molecule has 0 aromatic heterocycles. The Bertz CT molecular complexity index is 927. The molecule has 0 aromatic rings. The van der Waals surface area contributed by atoms with Crippen LogP contribution in [0.1, 0.15) is 98.8 Å². The summed E-state index contributed by atoms with van der Waals surface area (Å²) < 4.78 is 5.42. The van der Waals surface area contributed by atoms with E-state index in [1.165, 1.54) is 0 Å². The van der Waals surface area contributed by atoms with Crippen LogP contribution in [0.5, 0.6) is 0 Å². The van der Waals surface area contributed by atoms with Crippen molar-refractivity contribution in [2.75, 3.05) is 6.54 Å². The molecule has 0 unspecified atom stereocenters. The second-order valence-electron chi connectivity index (χ2n) is 12.8. The van der Waals surface area contributed by atoms with E-state index in [1.54, 1.807) is 25.7 Å². The Balaban J connectivity index is 1.86. The Labute approximate surface area is 226 Å². The summed E-state index contributed by atoms with van der Waals surface area (Å²) in [4.78, 5) is 65.9. The van der Waals surface area contributed by atoms with E-state index in [2.05, 4.69) is 24.5 Å². The predicted octanol–water partition coefficient (Wildman–Crippen LogP) is 2.82. The van der Waals surface area contributed by atoms with Gasteiger partial charge in [0.2, 0.25) is 17.6 Å². The number of fused-ring (bicyclic) bond motifs is 3. The van der Waals surface area contributed by atoms with Crippen molar-refractivity contribution in [1.82, 2.24) is 15.5 Å². The van der Waals surface area contributed by atoms with Gasteiger partial charge in [-0.3, -0.25) is 19.2 Å². The predicted molar refractivity (Wildman–Crippen MR) is 142 cm³/mol. The molecule has 5 atom stereocenters. The Morgan fingerprint density at radius 2 is 1.53 bits per heavy atom. The molecule has 38 heavy (non-hydrogen) atoms. The molecule has 3 rings (SSSR count). The summed E-state index contributed by atoms with van der Waals surface area (Å²) in [6, 6.07) is -2.62. The molecule has 2 heterocycles. The van der Waals surface area contributed by atoms with Gasteiger partial charge in [0.1, 0.15) is 17.7 Å². The van der Waals surface area contributed by atoms with Crippen LogP contribution in [0.25, 0.3) is 0 Å². The van der Waals surface area contributed by atoms with Crippen molar-refractivity contribution in [3.63, 3.8) is 0 Å². The first-order chi connectivity index (χ1) is 17.7. The molecule has 4 amide bonds. The molecule has 1 aliphatic carbocycles. The second-order valence-corrected chi connectivity index (χ2v) is 12.8. The molecule has 214 valence electrons. The van der Waals surface area contributed by atoms with Crippen LogP contribution in [-0.2, 0) is 23.9 Å². The van der Waals surface area contributed by atoms with Gasteiger partial charge in [-0.15, -0.1) is 0 Å². The molecule has 2 aliphatic heterocycles. The van der Waals surface area contributed by atoms with E-state index in [0.717, 1.165) is 44.9 Å². The molecule has 0 spiro atoms. The maximum atomic E-state index is 13.9. The standard InChI is InChI=1S/C28H46N4O6/c1-27(2,3)38-26(37)31-19-15-13-11-9-7-6-8-10-12-14-18(22(33)23(29)34)30-24(35)21-20-17(28(20,4)5)16-32(21)25(19)36/h17-21H,6-16H2,1-5H3,(H2,29,34)(H,30,35)(H,31,37)/t17-,18+,19+,20-,21-/m0/s1. The quantitative estimate of drug-likeness (QED) is 0.474. The van der Waals surface area contributed by atoms with Gasteiger partial charge in [0, 0.05) is 6.54 Å². The highest BCUT2D eigenvalue weighted by molar-refractivity contribution is 6.37. The van der Waals surface area contributed by atoms with Crippen LogP contribution < -0.4 is 16.4 Å². The van der Waals surface area contributed by atoms with Gasteiger partial charge < -0.3 is 26.0 Å². The molecule has 0 radical (unpaired) electrons. The van der Waals surface area contributed by atoms with E-state index in [-0.39, 0.29) is 23.2 Å². The third kappa shape index (κ3) is 7.26. The van der Waals surface area contributed by atoms with Gasteiger partial charge in [-0.05, 0) is 50.9 Å². The van der Waals surface area contributed by atoms with Gasteiger partial charge in [0.25, 0.3) is 5.91 Å². The molecule has 2 saturated heterocycles. The number of alkyl carbamates (subject to hydrolysis) is 1. The summed E-state index contributed by atoms with van der Waals surface area (Å²) in [6.45, 7) is 9.82. The van der Waals surface area contributed by atoms with E-state index >= 15 is 0 Å². The van der Waals surface area contributed by atoms with Crippen molar-refractivity contribution in [3.05, 3.63) is 0 Å². The highest BCUT2D eigenvalue weighted by Gasteiger charge is 2.69. The summed E-state index contributed by atoms with van der Waals surface area (Å²) in [5.74, 6) is -2.59. The third-order valence-corrected chi connectivity index (χ3v) is 8.36. The zero-order chi connectivity index (χ0) is 28.3. The molecular formula is C28H46N4O6. The number of ether oxygens (including phenoxy) is 1. The van der Waals surface area contributed by atoms with Crippen LogP contribution in [-0.4, -0.2) is 64.8 Å². The minimum Gasteiger partial charge on any atom is -0.444 e. The normalized spacial score (nSPS) is 30.8. The molecule has 10 heteroatoms. The van der Waals surface area contributed by atoms with E-state index in [9.17, 15) is 24.0 Å². The molecule has 0 aromatic carbocycles. The van der Waals surface area contributed by atoms with Crippen LogP contribution >= 0.6 is 0 Å². The van der Waals surface area contributed by atoms with Crippen molar-refractivity contribution < 1.29 is 28.7 Å². The SMILES string of the molecule is CC(C)(C)OC(=O)N[C@@H]1CCCCCCCCCC[C@H](C(=O)C(N)=O)NC(=O)[C@@H]2[C@@H]3[C@H](CN2C1=O)C3(C)C. The van der Waals surface area contributed by atoms with Crippen molar-refractivity contribution in [2.24, 2.45) is 23.0 Å². The summed E-state index contributed by atoms with van der Waals surface area (Å²) in [6.07, 6.45) is 7.54. The highest BCUT2D eigenvalue weighted by Crippen LogP contribution is 2.65. The van der Waals surface area contributed by atoms with Crippen LogP contribution in [0.15, 0.2) is 0 Å². The monoisotopic (exact) mass is 534 g/mol. The first-order valence-electron chi connectivity index (χ1n) is 14.2. The third-order valence-electron chi connectivity index (χ3n) is 8.36. The number of ketones is 1. The maximum absolute atomic E-state index is 13.9. The average Bonchev–Trinajstić information content (AvgIpc) is 3.14. The van der Waals surface area contributed by atoms with Gasteiger partial charge in [-0.2, -0.15) is 0 Å². The van der Waals surface area contributed by atoms with Crippen LogP contribution in [0, 0.1) is 17.3 Å².